The van der Waals surface area contributed by atoms with Crippen molar-refractivity contribution < 1.29 is 19.1 Å². The van der Waals surface area contributed by atoms with Crippen molar-refractivity contribution in [3.05, 3.63) is 12.2 Å². The van der Waals surface area contributed by atoms with Gasteiger partial charge in [0.05, 0.1) is 0 Å². The number of aliphatic hydroxyl groups excluding tert-OH is 1. The molecular weight excluding hydrogens is 308 g/mol. The van der Waals surface area contributed by atoms with Crippen molar-refractivity contribution in [2.75, 3.05) is 13.2 Å². The van der Waals surface area contributed by atoms with Gasteiger partial charge in [-0.25, -0.2) is 4.79 Å². The Labute approximate surface area is 143 Å². The van der Waals surface area contributed by atoms with E-state index >= 15 is 0 Å². The number of hydrogen-bond donors (Lipinski definition) is 1. The molecule has 0 heterocycles. The first-order valence-electron chi connectivity index (χ1n) is 8.52. The lowest BCUT2D eigenvalue weighted by atomic mass is 10.0. The van der Waals surface area contributed by atoms with Crippen LogP contribution >= 0.6 is 0 Å². The van der Waals surface area contributed by atoms with Gasteiger partial charge in [0.15, 0.2) is 8.32 Å². The predicted molar refractivity (Wildman–Crippen MR) is 97.9 cm³/mol. The Hall–Kier alpha value is -0.653. The highest BCUT2D eigenvalue weighted by Crippen LogP contribution is 2.37. The zero-order chi connectivity index (χ0) is 18.3. The molecule has 0 aromatic rings. The predicted octanol–water partition coefficient (Wildman–Crippen LogP) is 4.29. The average molecular weight is 345 g/mol. The van der Waals surface area contributed by atoms with Crippen LogP contribution in [0.3, 0.4) is 0 Å². The molecule has 0 saturated carbocycles. The molecule has 0 saturated heterocycles. The van der Waals surface area contributed by atoms with E-state index in [1.165, 1.54) is 0 Å². The van der Waals surface area contributed by atoms with Gasteiger partial charge in [0.2, 0.25) is 0 Å². The minimum atomic E-state index is -2.09. The van der Waals surface area contributed by atoms with Crippen LogP contribution in [0.4, 0.5) is 0 Å². The van der Waals surface area contributed by atoms with Crippen LogP contribution in [-0.2, 0) is 14.0 Å². The molecule has 1 N–H and O–H groups in total. The molecule has 5 heteroatoms. The van der Waals surface area contributed by atoms with E-state index in [0.717, 1.165) is 18.4 Å². The van der Waals surface area contributed by atoms with Crippen molar-refractivity contribution in [1.82, 2.24) is 0 Å². The highest BCUT2D eigenvalue weighted by molar-refractivity contribution is 6.74. The lowest BCUT2D eigenvalue weighted by Gasteiger charge is -2.38. The van der Waals surface area contributed by atoms with Gasteiger partial charge in [0.25, 0.3) is 0 Å². The standard InChI is InChI=1S/C18H36O4Si/c1-14(2)9-10-15(3)13-21-17(20)16(11-12-19)22-23(7,8)18(4,5)6/h14,16,19H,3,9-13H2,1-2,4-8H3/t16-/m1/s1. The van der Waals surface area contributed by atoms with E-state index in [0.29, 0.717) is 5.92 Å². The van der Waals surface area contributed by atoms with Crippen LogP contribution in [0.5, 0.6) is 0 Å². The molecule has 0 aliphatic rings. The fraction of sp³-hybridized carbons (Fsp3) is 0.833. The van der Waals surface area contributed by atoms with Crippen molar-refractivity contribution in [3.8, 4) is 0 Å². The summed E-state index contributed by atoms with van der Waals surface area (Å²) in [5.74, 6) is 0.209. The average Bonchev–Trinajstić information content (AvgIpc) is 2.40. The molecule has 0 aromatic carbocycles. The molecule has 0 rings (SSSR count). The molecule has 136 valence electrons. The third-order valence-corrected chi connectivity index (χ3v) is 8.88. The maximum atomic E-state index is 12.3. The molecular formula is C18H36O4Si. The van der Waals surface area contributed by atoms with Crippen LogP contribution in [0.2, 0.25) is 18.1 Å². The molecule has 0 fully saturated rings. The van der Waals surface area contributed by atoms with Crippen molar-refractivity contribution in [2.24, 2.45) is 5.92 Å². The van der Waals surface area contributed by atoms with Crippen LogP contribution in [-0.4, -0.2) is 38.7 Å². The molecule has 0 aliphatic carbocycles. The summed E-state index contributed by atoms with van der Waals surface area (Å²) in [6, 6.07) is 0. The second-order valence-corrected chi connectivity index (χ2v) is 12.9. The van der Waals surface area contributed by atoms with E-state index in [4.69, 9.17) is 9.16 Å². The second kappa shape index (κ2) is 9.60. The number of esters is 1. The van der Waals surface area contributed by atoms with Gasteiger partial charge in [-0.2, -0.15) is 0 Å². The molecule has 4 nitrogen and oxygen atoms in total. The minimum absolute atomic E-state index is 0.00183. The fourth-order valence-corrected chi connectivity index (χ4v) is 2.98. The zero-order valence-electron chi connectivity index (χ0n) is 16.1. The Morgan fingerprint density at radius 3 is 2.22 bits per heavy atom. The molecule has 0 bridgehead atoms. The van der Waals surface area contributed by atoms with Crippen LogP contribution in [0.1, 0.15) is 53.9 Å². The summed E-state index contributed by atoms with van der Waals surface area (Å²) in [5.41, 5.74) is 0.919. The minimum Gasteiger partial charge on any atom is -0.459 e. The first-order valence-corrected chi connectivity index (χ1v) is 11.4. The molecule has 0 unspecified atom stereocenters. The molecule has 0 radical (unpaired) electrons. The normalized spacial score (nSPS) is 14.0. The van der Waals surface area contributed by atoms with Crippen LogP contribution < -0.4 is 0 Å². The van der Waals surface area contributed by atoms with Gasteiger partial charge in [-0.3, -0.25) is 0 Å². The van der Waals surface area contributed by atoms with E-state index in [1.54, 1.807) is 0 Å². The summed E-state index contributed by atoms with van der Waals surface area (Å²) in [6.07, 6.45) is 1.47. The first kappa shape index (κ1) is 22.3. The number of carbonyl (C=O) groups excluding carboxylic acids is 1. The molecule has 0 aliphatic heterocycles. The first-order chi connectivity index (χ1) is 10.4. The summed E-state index contributed by atoms with van der Waals surface area (Å²) < 4.78 is 11.5. The maximum Gasteiger partial charge on any atom is 0.334 e. The lowest BCUT2D eigenvalue weighted by Crippen LogP contribution is -2.46. The van der Waals surface area contributed by atoms with Crippen LogP contribution in [0, 0.1) is 5.92 Å². The number of ether oxygens (including phenoxy) is 1. The Morgan fingerprint density at radius 1 is 1.22 bits per heavy atom. The summed E-state index contributed by atoms with van der Waals surface area (Å²) in [6.45, 7) is 18.9. The second-order valence-electron chi connectivity index (χ2n) is 8.17. The van der Waals surface area contributed by atoms with Gasteiger partial charge < -0.3 is 14.3 Å². The number of aliphatic hydroxyl groups is 1. The highest BCUT2D eigenvalue weighted by Gasteiger charge is 2.41. The number of rotatable bonds is 10. The van der Waals surface area contributed by atoms with Gasteiger partial charge in [-0.1, -0.05) is 41.2 Å². The quantitative estimate of drug-likeness (QED) is 0.365. The Balaban J connectivity index is 4.60. The summed E-state index contributed by atoms with van der Waals surface area (Å²) in [5, 5.41) is 9.22. The van der Waals surface area contributed by atoms with E-state index in [2.05, 4.69) is 54.3 Å². The van der Waals surface area contributed by atoms with E-state index in [9.17, 15) is 9.90 Å². The monoisotopic (exact) mass is 344 g/mol. The Morgan fingerprint density at radius 2 is 1.78 bits per heavy atom. The molecule has 0 aromatic heterocycles. The van der Waals surface area contributed by atoms with Gasteiger partial charge in [-0.05, 0) is 42.5 Å². The van der Waals surface area contributed by atoms with Crippen molar-refractivity contribution >= 4 is 14.3 Å². The Bertz CT molecular complexity index is 383. The maximum absolute atomic E-state index is 12.3. The molecule has 0 amide bonds. The third-order valence-electron chi connectivity index (χ3n) is 4.39. The van der Waals surface area contributed by atoms with E-state index < -0.39 is 20.4 Å². The summed E-state index contributed by atoms with van der Waals surface area (Å²) >= 11 is 0. The smallest absolute Gasteiger partial charge is 0.334 e. The van der Waals surface area contributed by atoms with E-state index in [-0.39, 0.29) is 24.7 Å². The fourth-order valence-electron chi connectivity index (χ4n) is 1.71. The Kier molecular flexibility index (Phi) is 9.32. The topological polar surface area (TPSA) is 55.8 Å². The lowest BCUT2D eigenvalue weighted by molar-refractivity contribution is -0.152. The molecule has 0 spiro atoms. The van der Waals surface area contributed by atoms with Crippen molar-refractivity contribution in [3.63, 3.8) is 0 Å². The zero-order valence-corrected chi connectivity index (χ0v) is 17.1. The summed E-state index contributed by atoms with van der Waals surface area (Å²) in [7, 11) is -2.09. The highest BCUT2D eigenvalue weighted by atomic mass is 28.4. The molecule has 23 heavy (non-hydrogen) atoms. The molecule has 1 atom stereocenters. The largest absolute Gasteiger partial charge is 0.459 e. The van der Waals surface area contributed by atoms with Crippen LogP contribution in [0.25, 0.3) is 0 Å². The van der Waals surface area contributed by atoms with Gasteiger partial charge in [0, 0.05) is 13.0 Å². The number of hydrogen-bond acceptors (Lipinski definition) is 4. The van der Waals surface area contributed by atoms with Crippen molar-refractivity contribution in [2.45, 2.75) is 78.1 Å². The van der Waals surface area contributed by atoms with Gasteiger partial charge in [0.1, 0.15) is 12.7 Å². The van der Waals surface area contributed by atoms with Crippen LogP contribution in [0.15, 0.2) is 12.2 Å². The van der Waals surface area contributed by atoms with Gasteiger partial charge in [-0.15, -0.1) is 0 Å². The summed E-state index contributed by atoms with van der Waals surface area (Å²) in [4.78, 5) is 12.3. The van der Waals surface area contributed by atoms with Gasteiger partial charge >= 0.3 is 5.97 Å². The SMILES string of the molecule is C=C(CCC(C)C)COC(=O)[C@@H](CCO)O[Si](C)(C)C(C)(C)C. The van der Waals surface area contributed by atoms with Crippen molar-refractivity contribution in [1.29, 1.82) is 0 Å². The third kappa shape index (κ3) is 8.68. The van der Waals surface area contributed by atoms with E-state index in [1.807, 2.05) is 0 Å². The number of carbonyl (C=O) groups is 1.